The molecular formula is C9H5F6NO3. The van der Waals surface area contributed by atoms with E-state index < -0.39 is 40.2 Å². The van der Waals surface area contributed by atoms with Gasteiger partial charge in [-0.05, 0) is 11.6 Å². The van der Waals surface area contributed by atoms with Gasteiger partial charge >= 0.3 is 12.4 Å². The van der Waals surface area contributed by atoms with Crippen LogP contribution in [0.1, 0.15) is 17.2 Å². The van der Waals surface area contributed by atoms with Crippen molar-refractivity contribution in [2.75, 3.05) is 0 Å². The minimum absolute atomic E-state index is 0.0190. The Bertz CT molecular complexity index is 496. The Balaban J connectivity index is 3.41. The number of aliphatic hydroxyl groups is 1. The number of halogens is 6. The second-order valence-corrected chi connectivity index (χ2v) is 3.51. The fourth-order valence-electron chi connectivity index (χ4n) is 1.25. The van der Waals surface area contributed by atoms with Gasteiger partial charge in [-0.1, -0.05) is 0 Å². The lowest BCUT2D eigenvalue weighted by molar-refractivity contribution is -0.385. The van der Waals surface area contributed by atoms with Crippen molar-refractivity contribution in [3.05, 3.63) is 39.4 Å². The largest absolute Gasteiger partial charge is 0.418 e. The summed E-state index contributed by atoms with van der Waals surface area (Å²) in [6.45, 7) is 0. The van der Waals surface area contributed by atoms with Crippen molar-refractivity contribution in [1.29, 1.82) is 0 Å². The number of alkyl halides is 6. The molecule has 0 saturated heterocycles. The maximum atomic E-state index is 12.4. The van der Waals surface area contributed by atoms with Gasteiger partial charge in [-0.15, -0.1) is 0 Å². The van der Waals surface area contributed by atoms with Crippen molar-refractivity contribution in [3.63, 3.8) is 0 Å². The molecule has 0 bridgehead atoms. The second-order valence-electron chi connectivity index (χ2n) is 3.51. The Labute approximate surface area is 101 Å². The number of nitrogens with zero attached hydrogens (tertiary/aromatic N) is 1. The number of aliphatic hydroxyl groups excluding tert-OH is 1. The van der Waals surface area contributed by atoms with E-state index in [0.29, 0.717) is 0 Å². The molecule has 0 heterocycles. The van der Waals surface area contributed by atoms with E-state index in [0.717, 1.165) is 0 Å². The van der Waals surface area contributed by atoms with E-state index in [1.807, 2.05) is 0 Å². The highest BCUT2D eigenvalue weighted by molar-refractivity contribution is 5.41. The van der Waals surface area contributed by atoms with Gasteiger partial charge in [0.1, 0.15) is 0 Å². The zero-order valence-electron chi connectivity index (χ0n) is 8.79. The molecule has 0 aromatic heterocycles. The van der Waals surface area contributed by atoms with Crippen molar-refractivity contribution in [3.8, 4) is 0 Å². The fourth-order valence-corrected chi connectivity index (χ4v) is 1.25. The maximum Gasteiger partial charge on any atom is 0.418 e. The van der Waals surface area contributed by atoms with Crippen molar-refractivity contribution in [2.24, 2.45) is 0 Å². The lowest BCUT2D eigenvalue weighted by atomic mass is 10.0. The van der Waals surface area contributed by atoms with Crippen LogP contribution in [0, 0.1) is 10.1 Å². The van der Waals surface area contributed by atoms with Crippen LogP contribution in [0.4, 0.5) is 32.0 Å². The van der Waals surface area contributed by atoms with Crippen molar-refractivity contribution in [1.82, 2.24) is 0 Å². The van der Waals surface area contributed by atoms with Crippen LogP contribution in [-0.4, -0.2) is 16.2 Å². The van der Waals surface area contributed by atoms with Crippen LogP contribution >= 0.6 is 0 Å². The van der Waals surface area contributed by atoms with Crippen LogP contribution in [0.15, 0.2) is 18.2 Å². The van der Waals surface area contributed by atoms with E-state index in [9.17, 15) is 36.5 Å². The number of nitro groups is 1. The predicted octanol–water partition coefficient (Wildman–Crippen LogP) is 3.21. The normalized spacial score (nSPS) is 14.3. The first-order valence-electron chi connectivity index (χ1n) is 4.54. The van der Waals surface area contributed by atoms with Crippen molar-refractivity contribution in [2.45, 2.75) is 18.5 Å². The molecule has 1 rings (SSSR count). The van der Waals surface area contributed by atoms with E-state index in [1.54, 1.807) is 0 Å². The molecule has 1 atom stereocenters. The Morgan fingerprint density at radius 1 is 1.11 bits per heavy atom. The SMILES string of the molecule is O=[N+]([O-])c1cc([C@H](O)C(F)(F)F)cc(C(F)(F)F)c1. The van der Waals surface area contributed by atoms with Gasteiger partial charge in [-0.25, -0.2) is 0 Å². The third-order valence-electron chi connectivity index (χ3n) is 2.10. The number of rotatable bonds is 2. The van der Waals surface area contributed by atoms with Gasteiger partial charge in [0.05, 0.1) is 10.5 Å². The van der Waals surface area contributed by atoms with E-state index in [4.69, 9.17) is 5.11 Å². The third-order valence-corrected chi connectivity index (χ3v) is 2.10. The van der Waals surface area contributed by atoms with Crippen LogP contribution in [0.5, 0.6) is 0 Å². The Kier molecular flexibility index (Phi) is 3.75. The number of nitro benzene ring substituents is 1. The molecule has 106 valence electrons. The Morgan fingerprint density at radius 2 is 1.63 bits per heavy atom. The minimum Gasteiger partial charge on any atom is -0.379 e. The molecule has 0 spiro atoms. The lowest BCUT2D eigenvalue weighted by Gasteiger charge is -2.16. The average molecular weight is 289 g/mol. The Morgan fingerprint density at radius 3 is 2.00 bits per heavy atom. The summed E-state index contributed by atoms with van der Waals surface area (Å²) in [5.41, 5.74) is -4.07. The predicted molar refractivity (Wildman–Crippen MR) is 49.1 cm³/mol. The van der Waals surface area contributed by atoms with Gasteiger partial charge in [0.25, 0.3) is 5.69 Å². The second kappa shape index (κ2) is 4.68. The van der Waals surface area contributed by atoms with Crippen LogP contribution < -0.4 is 0 Å². The Hall–Kier alpha value is -1.84. The van der Waals surface area contributed by atoms with Crippen molar-refractivity contribution >= 4 is 5.69 Å². The summed E-state index contributed by atoms with van der Waals surface area (Å²) in [6, 6.07) is 0.352. The molecule has 0 aliphatic carbocycles. The molecule has 0 aliphatic rings. The molecule has 0 radical (unpaired) electrons. The lowest BCUT2D eigenvalue weighted by Crippen LogP contribution is -2.21. The van der Waals surface area contributed by atoms with E-state index >= 15 is 0 Å². The molecule has 1 aromatic carbocycles. The summed E-state index contributed by atoms with van der Waals surface area (Å²) in [5.74, 6) is 0. The van der Waals surface area contributed by atoms with Crippen LogP contribution in [0.25, 0.3) is 0 Å². The summed E-state index contributed by atoms with van der Waals surface area (Å²) in [7, 11) is 0. The molecule has 0 amide bonds. The summed E-state index contributed by atoms with van der Waals surface area (Å²) in [4.78, 5) is 9.10. The first-order chi connectivity index (χ1) is 8.43. The quantitative estimate of drug-likeness (QED) is 0.516. The standard InChI is InChI=1S/C9H5F6NO3/c10-8(11,12)5-1-4(7(17)9(13,14)15)2-6(3-5)16(18)19/h1-3,7,17H/t7-/m0/s1. The molecule has 10 heteroatoms. The molecule has 0 saturated carbocycles. The molecular weight excluding hydrogens is 284 g/mol. The number of hydrogen-bond acceptors (Lipinski definition) is 3. The molecule has 19 heavy (non-hydrogen) atoms. The fraction of sp³-hybridized carbons (Fsp3) is 0.333. The van der Waals surface area contributed by atoms with E-state index in [2.05, 4.69) is 0 Å². The number of non-ortho nitro benzene ring substituents is 1. The van der Waals surface area contributed by atoms with Gasteiger partial charge in [0.2, 0.25) is 0 Å². The monoisotopic (exact) mass is 289 g/mol. The first kappa shape index (κ1) is 15.2. The molecule has 0 unspecified atom stereocenters. The van der Waals surface area contributed by atoms with Gasteiger partial charge < -0.3 is 5.11 Å². The average Bonchev–Trinajstić information content (AvgIpc) is 2.24. The van der Waals surface area contributed by atoms with Crippen LogP contribution in [0.2, 0.25) is 0 Å². The highest BCUT2D eigenvalue weighted by Crippen LogP contribution is 2.38. The van der Waals surface area contributed by atoms with Gasteiger partial charge in [0.15, 0.2) is 6.10 Å². The van der Waals surface area contributed by atoms with Crippen LogP contribution in [0.3, 0.4) is 0 Å². The van der Waals surface area contributed by atoms with E-state index in [1.165, 1.54) is 0 Å². The zero-order chi connectivity index (χ0) is 15.0. The van der Waals surface area contributed by atoms with Gasteiger partial charge in [-0.2, -0.15) is 26.3 Å². The maximum absolute atomic E-state index is 12.4. The molecule has 1 aromatic rings. The topological polar surface area (TPSA) is 63.4 Å². The summed E-state index contributed by atoms with van der Waals surface area (Å²) >= 11 is 0. The molecule has 4 nitrogen and oxygen atoms in total. The summed E-state index contributed by atoms with van der Waals surface area (Å²) in [5, 5.41) is 19.2. The van der Waals surface area contributed by atoms with Gasteiger partial charge in [-0.3, -0.25) is 10.1 Å². The van der Waals surface area contributed by atoms with Gasteiger partial charge in [0, 0.05) is 12.1 Å². The highest BCUT2D eigenvalue weighted by atomic mass is 19.4. The number of benzene rings is 1. The summed E-state index contributed by atoms with van der Waals surface area (Å²) < 4.78 is 73.7. The number of hydrogen-bond donors (Lipinski definition) is 1. The van der Waals surface area contributed by atoms with E-state index in [-0.39, 0.29) is 18.2 Å². The molecule has 0 aliphatic heterocycles. The summed E-state index contributed by atoms with van der Waals surface area (Å²) in [6.07, 6.45) is -13.5. The first-order valence-corrected chi connectivity index (χ1v) is 4.54. The third kappa shape index (κ3) is 3.56. The van der Waals surface area contributed by atoms with Crippen LogP contribution in [-0.2, 0) is 6.18 Å². The minimum atomic E-state index is -5.22. The zero-order valence-corrected chi connectivity index (χ0v) is 8.79. The molecule has 1 N–H and O–H groups in total. The smallest absolute Gasteiger partial charge is 0.379 e. The highest BCUT2D eigenvalue weighted by Gasteiger charge is 2.41. The molecule has 0 fully saturated rings. The van der Waals surface area contributed by atoms with Crippen molar-refractivity contribution < 1.29 is 36.4 Å².